The molecule has 0 aromatic heterocycles. The maximum atomic E-state index is 10.9. The first kappa shape index (κ1) is 14.2. The number of phenols is 1. The van der Waals surface area contributed by atoms with Crippen molar-refractivity contribution in [3.05, 3.63) is 64.7 Å². The highest BCUT2D eigenvalue weighted by molar-refractivity contribution is 6.32. The second kappa shape index (κ2) is 6.26. The number of halogens is 1. The molecule has 0 fully saturated rings. The molecular formula is C16H13ClO3. The molecular weight excluding hydrogens is 276 g/mol. The Labute approximate surface area is 122 Å². The van der Waals surface area contributed by atoms with Crippen LogP contribution in [0, 0.1) is 0 Å². The van der Waals surface area contributed by atoms with Crippen molar-refractivity contribution in [3.8, 4) is 11.5 Å². The van der Waals surface area contributed by atoms with E-state index in [0.29, 0.717) is 17.4 Å². The third-order valence-electron chi connectivity index (χ3n) is 2.91. The molecule has 3 nitrogen and oxygen atoms in total. The van der Waals surface area contributed by atoms with Crippen LogP contribution in [0.15, 0.2) is 48.5 Å². The Kier molecular flexibility index (Phi) is 4.43. The average Bonchev–Trinajstić information content (AvgIpc) is 2.48. The molecule has 2 rings (SSSR count). The molecule has 0 atom stereocenters. The van der Waals surface area contributed by atoms with E-state index in [2.05, 4.69) is 0 Å². The number of carbonyl (C=O) groups excluding carboxylic acids is 1. The largest absolute Gasteiger partial charge is 0.506 e. The quantitative estimate of drug-likeness (QED) is 0.689. The Morgan fingerprint density at radius 3 is 2.50 bits per heavy atom. The molecule has 0 spiro atoms. The molecule has 2 aromatic carbocycles. The fourth-order valence-electron chi connectivity index (χ4n) is 1.91. The predicted molar refractivity (Wildman–Crippen MR) is 79.3 cm³/mol. The normalized spacial score (nSPS) is 11.2. The highest BCUT2D eigenvalue weighted by Gasteiger charge is 2.12. The summed E-state index contributed by atoms with van der Waals surface area (Å²) in [7, 11) is 1.58. The van der Waals surface area contributed by atoms with Gasteiger partial charge in [0.2, 0.25) is 0 Å². The van der Waals surface area contributed by atoms with Gasteiger partial charge in [0, 0.05) is 5.56 Å². The lowest BCUT2D eigenvalue weighted by Crippen LogP contribution is -1.91. The van der Waals surface area contributed by atoms with E-state index in [1.807, 2.05) is 12.1 Å². The molecule has 0 unspecified atom stereocenters. The van der Waals surface area contributed by atoms with Crippen LogP contribution in [0.2, 0.25) is 5.02 Å². The Morgan fingerprint density at radius 2 is 1.90 bits per heavy atom. The van der Waals surface area contributed by atoms with E-state index in [4.69, 9.17) is 16.3 Å². The van der Waals surface area contributed by atoms with E-state index in [9.17, 15) is 9.90 Å². The van der Waals surface area contributed by atoms with Crippen molar-refractivity contribution in [1.29, 1.82) is 0 Å². The molecule has 0 bridgehead atoms. The van der Waals surface area contributed by atoms with Crippen LogP contribution in [0.25, 0.3) is 5.57 Å². The summed E-state index contributed by atoms with van der Waals surface area (Å²) in [6, 6.07) is 12.2. The molecule has 0 saturated heterocycles. The van der Waals surface area contributed by atoms with Gasteiger partial charge in [0.1, 0.15) is 17.8 Å². The number of ether oxygens (including phenoxy) is 1. The highest BCUT2D eigenvalue weighted by Crippen LogP contribution is 2.35. The summed E-state index contributed by atoms with van der Waals surface area (Å²) < 4.78 is 5.10. The van der Waals surface area contributed by atoms with Gasteiger partial charge in [-0.25, -0.2) is 0 Å². The molecule has 2 aromatic rings. The van der Waals surface area contributed by atoms with Crippen LogP contribution in [-0.4, -0.2) is 18.5 Å². The first-order chi connectivity index (χ1) is 9.67. The van der Waals surface area contributed by atoms with Crippen LogP contribution >= 0.6 is 11.6 Å². The van der Waals surface area contributed by atoms with Crippen LogP contribution < -0.4 is 4.74 Å². The van der Waals surface area contributed by atoms with Crippen LogP contribution in [0.4, 0.5) is 0 Å². The Bertz CT molecular complexity index is 645. The van der Waals surface area contributed by atoms with Crippen molar-refractivity contribution in [3.63, 3.8) is 0 Å². The third kappa shape index (κ3) is 2.83. The summed E-state index contributed by atoms with van der Waals surface area (Å²) in [6.45, 7) is 0. The van der Waals surface area contributed by atoms with Gasteiger partial charge in [-0.1, -0.05) is 35.9 Å². The Hall–Kier alpha value is -2.26. The van der Waals surface area contributed by atoms with Crippen LogP contribution in [0.5, 0.6) is 11.5 Å². The number of rotatable bonds is 4. The molecule has 0 amide bonds. The molecule has 4 heteroatoms. The fourth-order valence-corrected chi connectivity index (χ4v) is 2.09. The zero-order chi connectivity index (χ0) is 14.5. The lowest BCUT2D eigenvalue weighted by atomic mass is 9.97. The van der Waals surface area contributed by atoms with Gasteiger partial charge in [-0.2, -0.15) is 0 Å². The van der Waals surface area contributed by atoms with Gasteiger partial charge in [-0.05, 0) is 35.4 Å². The molecule has 0 aliphatic rings. The number of hydrogen-bond donors (Lipinski definition) is 1. The van der Waals surface area contributed by atoms with E-state index in [1.54, 1.807) is 37.4 Å². The average molecular weight is 289 g/mol. The topological polar surface area (TPSA) is 46.5 Å². The summed E-state index contributed by atoms with van der Waals surface area (Å²) in [4.78, 5) is 10.9. The van der Waals surface area contributed by atoms with Crippen LogP contribution in [0.1, 0.15) is 11.1 Å². The van der Waals surface area contributed by atoms with Crippen molar-refractivity contribution in [1.82, 2.24) is 0 Å². The second-order valence-corrected chi connectivity index (χ2v) is 4.49. The lowest BCUT2D eigenvalue weighted by molar-refractivity contribution is -0.104. The lowest BCUT2D eigenvalue weighted by Gasteiger charge is -2.11. The number of benzene rings is 2. The number of phenolic OH excluding ortho intramolecular Hbond substituents is 1. The number of carbonyl (C=O) groups is 1. The molecule has 20 heavy (non-hydrogen) atoms. The van der Waals surface area contributed by atoms with Gasteiger partial charge in [-0.15, -0.1) is 0 Å². The zero-order valence-electron chi connectivity index (χ0n) is 10.8. The SMILES string of the molecule is COc1ccc(/C(=C\C=O)c2cccc(Cl)c2O)cc1. The maximum absolute atomic E-state index is 10.9. The standard InChI is InChI=1S/C16H13ClO3/c1-20-12-7-5-11(6-8-12)13(9-10-18)14-3-2-4-15(17)16(14)19/h2-10,19H,1H3/b13-9+. The van der Waals surface area contributed by atoms with Gasteiger partial charge in [0.05, 0.1) is 12.1 Å². The first-order valence-electron chi connectivity index (χ1n) is 5.95. The monoisotopic (exact) mass is 288 g/mol. The van der Waals surface area contributed by atoms with Crippen molar-refractivity contribution in [2.75, 3.05) is 7.11 Å². The maximum Gasteiger partial charge on any atom is 0.143 e. The van der Waals surface area contributed by atoms with Gasteiger partial charge < -0.3 is 9.84 Å². The first-order valence-corrected chi connectivity index (χ1v) is 6.33. The fraction of sp³-hybridized carbons (Fsp3) is 0.0625. The number of para-hydroxylation sites is 1. The highest BCUT2D eigenvalue weighted by atomic mass is 35.5. The summed E-state index contributed by atoms with van der Waals surface area (Å²) in [5.74, 6) is 0.674. The number of hydrogen-bond acceptors (Lipinski definition) is 3. The van der Waals surface area contributed by atoms with Gasteiger partial charge >= 0.3 is 0 Å². The number of aldehydes is 1. The Balaban J connectivity index is 2.53. The zero-order valence-corrected chi connectivity index (χ0v) is 11.6. The number of aromatic hydroxyl groups is 1. The van der Waals surface area contributed by atoms with E-state index in [0.717, 1.165) is 11.3 Å². The van der Waals surface area contributed by atoms with Gasteiger partial charge in [0.25, 0.3) is 0 Å². The van der Waals surface area contributed by atoms with Gasteiger partial charge in [0.15, 0.2) is 0 Å². The molecule has 0 aliphatic carbocycles. The second-order valence-electron chi connectivity index (χ2n) is 4.08. The van der Waals surface area contributed by atoms with Crippen molar-refractivity contribution >= 4 is 23.5 Å². The minimum atomic E-state index is -0.0434. The third-order valence-corrected chi connectivity index (χ3v) is 3.22. The summed E-state index contributed by atoms with van der Waals surface area (Å²) >= 11 is 5.91. The Morgan fingerprint density at radius 1 is 1.20 bits per heavy atom. The molecule has 1 N–H and O–H groups in total. The summed E-state index contributed by atoms with van der Waals surface area (Å²) in [6.07, 6.45) is 2.08. The van der Waals surface area contributed by atoms with Gasteiger partial charge in [-0.3, -0.25) is 4.79 Å². The van der Waals surface area contributed by atoms with Crippen molar-refractivity contribution in [2.45, 2.75) is 0 Å². The van der Waals surface area contributed by atoms with E-state index in [1.165, 1.54) is 6.08 Å². The molecule has 0 saturated carbocycles. The molecule has 0 radical (unpaired) electrons. The number of methoxy groups -OCH3 is 1. The van der Waals surface area contributed by atoms with Crippen LogP contribution in [0.3, 0.4) is 0 Å². The smallest absolute Gasteiger partial charge is 0.143 e. The van der Waals surface area contributed by atoms with Crippen LogP contribution in [-0.2, 0) is 4.79 Å². The van der Waals surface area contributed by atoms with E-state index in [-0.39, 0.29) is 10.8 Å². The van der Waals surface area contributed by atoms with Crippen molar-refractivity contribution in [2.24, 2.45) is 0 Å². The molecule has 0 heterocycles. The summed E-state index contributed by atoms with van der Waals surface area (Å²) in [5, 5.41) is 10.3. The molecule has 102 valence electrons. The van der Waals surface area contributed by atoms with E-state index >= 15 is 0 Å². The minimum absolute atomic E-state index is 0.0434. The van der Waals surface area contributed by atoms with E-state index < -0.39 is 0 Å². The minimum Gasteiger partial charge on any atom is -0.506 e. The van der Waals surface area contributed by atoms with Crippen molar-refractivity contribution < 1.29 is 14.6 Å². The molecule has 0 aliphatic heterocycles. The summed E-state index contributed by atoms with van der Waals surface area (Å²) in [5.41, 5.74) is 1.90. The number of allylic oxidation sites excluding steroid dienone is 1. The predicted octanol–water partition coefficient (Wildman–Crippen LogP) is 3.68.